The van der Waals surface area contributed by atoms with E-state index in [-0.39, 0.29) is 0 Å². The Kier molecular flexibility index (Phi) is 3.88. The van der Waals surface area contributed by atoms with Gasteiger partial charge in [-0.25, -0.2) is 0 Å². The van der Waals surface area contributed by atoms with Gasteiger partial charge in [0.25, 0.3) is 0 Å². The number of hydrogen-bond acceptors (Lipinski definition) is 1. The molecule has 2 heteroatoms. The second-order valence-corrected chi connectivity index (χ2v) is 2.81. The topological polar surface area (TPSA) is 3.24 Å². The Bertz CT molecular complexity index is 206. The van der Waals surface area contributed by atoms with Gasteiger partial charge in [0.2, 0.25) is 0 Å². The third-order valence-electron chi connectivity index (χ3n) is 1.95. The van der Waals surface area contributed by atoms with E-state index in [0.29, 0.717) is 6.44 Å². The molecule has 0 unspecified atom stereocenters. The first-order valence-corrected chi connectivity index (χ1v) is 4.33. The molecule has 0 aliphatic rings. The van der Waals surface area contributed by atoms with Crippen molar-refractivity contribution in [2.45, 2.75) is 13.5 Å². The summed E-state index contributed by atoms with van der Waals surface area (Å²) in [5.74, 6) is 0. The summed E-state index contributed by atoms with van der Waals surface area (Å²) >= 11 is 0. The summed E-state index contributed by atoms with van der Waals surface area (Å²) in [6, 6.07) is 10.4. The molecule has 12 heavy (non-hydrogen) atoms. The summed E-state index contributed by atoms with van der Waals surface area (Å²) in [7, 11) is 5.56. The maximum atomic E-state index is 5.56. The molecule has 0 fully saturated rings. The van der Waals surface area contributed by atoms with Gasteiger partial charge >= 0.3 is 0 Å². The van der Waals surface area contributed by atoms with Crippen LogP contribution in [0.4, 0.5) is 0 Å². The van der Waals surface area contributed by atoms with Crippen LogP contribution in [0.3, 0.4) is 0 Å². The van der Waals surface area contributed by atoms with Crippen molar-refractivity contribution < 1.29 is 0 Å². The molecule has 2 radical (unpaired) electrons. The third-order valence-corrected chi connectivity index (χ3v) is 1.95. The van der Waals surface area contributed by atoms with Gasteiger partial charge in [-0.3, -0.25) is 0 Å². The molecule has 0 bridgehead atoms. The largest absolute Gasteiger partial charge is 0.308 e. The van der Waals surface area contributed by atoms with E-state index in [9.17, 15) is 0 Å². The zero-order valence-corrected chi connectivity index (χ0v) is 7.53. The first-order chi connectivity index (χ1) is 5.86. The average molecular weight is 159 g/mol. The molecule has 0 atom stereocenters. The molecule has 0 amide bonds. The van der Waals surface area contributed by atoms with Gasteiger partial charge in [-0.1, -0.05) is 37.3 Å². The highest BCUT2D eigenvalue weighted by molar-refractivity contribution is 6.08. The molecule has 0 spiro atoms. The summed E-state index contributed by atoms with van der Waals surface area (Å²) in [4.78, 5) is 2.19. The monoisotopic (exact) mass is 159 g/mol. The van der Waals surface area contributed by atoms with Crippen molar-refractivity contribution in [1.29, 1.82) is 0 Å². The van der Waals surface area contributed by atoms with Crippen LogP contribution in [0.15, 0.2) is 30.3 Å². The maximum Gasteiger partial charge on any atom is 0.0863 e. The van der Waals surface area contributed by atoms with Crippen LogP contribution >= 0.6 is 0 Å². The van der Waals surface area contributed by atoms with E-state index in [4.69, 9.17) is 7.85 Å². The molecule has 0 N–H and O–H groups in total. The van der Waals surface area contributed by atoms with E-state index >= 15 is 0 Å². The first kappa shape index (κ1) is 9.33. The lowest BCUT2D eigenvalue weighted by Crippen LogP contribution is -2.23. The average Bonchev–Trinajstić information content (AvgIpc) is 2.16. The normalized spacial score (nSPS) is 10.5. The fraction of sp³-hybridized carbons (Fsp3) is 0.400. The SMILES string of the molecule is [B]CN(CC)Cc1ccccc1. The molecule has 0 heterocycles. The van der Waals surface area contributed by atoms with Gasteiger partial charge in [0.1, 0.15) is 0 Å². The Morgan fingerprint density at radius 2 is 1.92 bits per heavy atom. The number of benzene rings is 1. The molecule has 0 saturated carbocycles. The molecule has 0 aliphatic carbocycles. The van der Waals surface area contributed by atoms with Crippen molar-refractivity contribution in [3.05, 3.63) is 35.9 Å². The molecule has 1 aromatic carbocycles. The lowest BCUT2D eigenvalue weighted by molar-refractivity contribution is 0.327. The lowest BCUT2D eigenvalue weighted by atomic mass is 10.1. The Balaban J connectivity index is 2.51. The standard InChI is InChI=1S/C10H14BN/c1-2-12(9-11)8-10-6-4-3-5-7-10/h3-7H,2,8-9H2,1H3. The van der Waals surface area contributed by atoms with Gasteiger partial charge in [-0.15, -0.1) is 0 Å². The van der Waals surface area contributed by atoms with Crippen molar-refractivity contribution in [1.82, 2.24) is 4.90 Å². The predicted molar refractivity (Wildman–Crippen MR) is 53.1 cm³/mol. The fourth-order valence-corrected chi connectivity index (χ4v) is 1.15. The van der Waals surface area contributed by atoms with Crippen molar-refractivity contribution in [3.8, 4) is 0 Å². The van der Waals surface area contributed by atoms with E-state index < -0.39 is 0 Å². The smallest absolute Gasteiger partial charge is 0.0863 e. The van der Waals surface area contributed by atoms with Crippen molar-refractivity contribution in [3.63, 3.8) is 0 Å². The molecule has 0 aliphatic heterocycles. The van der Waals surface area contributed by atoms with E-state index in [2.05, 4.69) is 36.1 Å². The van der Waals surface area contributed by atoms with Gasteiger partial charge in [-0.05, 0) is 18.6 Å². The van der Waals surface area contributed by atoms with Crippen LogP contribution in [-0.4, -0.2) is 25.7 Å². The maximum absolute atomic E-state index is 5.56. The molecule has 1 rings (SSSR count). The van der Waals surface area contributed by atoms with Crippen LogP contribution in [-0.2, 0) is 6.54 Å². The minimum atomic E-state index is 0.630. The van der Waals surface area contributed by atoms with E-state index in [1.807, 2.05) is 6.07 Å². The third kappa shape index (κ3) is 2.70. The molecule has 62 valence electrons. The van der Waals surface area contributed by atoms with Gasteiger partial charge in [0, 0.05) is 6.54 Å². The second-order valence-electron chi connectivity index (χ2n) is 2.81. The van der Waals surface area contributed by atoms with Crippen molar-refractivity contribution >= 4 is 7.85 Å². The lowest BCUT2D eigenvalue weighted by Gasteiger charge is -2.17. The Morgan fingerprint density at radius 1 is 1.25 bits per heavy atom. The quantitative estimate of drug-likeness (QED) is 0.603. The van der Waals surface area contributed by atoms with Crippen LogP contribution in [0.25, 0.3) is 0 Å². The van der Waals surface area contributed by atoms with E-state index in [0.717, 1.165) is 13.1 Å². The van der Waals surface area contributed by atoms with Crippen LogP contribution in [0.5, 0.6) is 0 Å². The van der Waals surface area contributed by atoms with Gasteiger partial charge < -0.3 is 4.90 Å². The summed E-state index contributed by atoms with van der Waals surface area (Å²) in [5.41, 5.74) is 1.32. The summed E-state index contributed by atoms with van der Waals surface area (Å²) in [5, 5.41) is 0. The molecule has 1 nitrogen and oxygen atoms in total. The van der Waals surface area contributed by atoms with Crippen molar-refractivity contribution in [2.24, 2.45) is 0 Å². The molecule has 0 aromatic heterocycles. The number of hydrogen-bond donors (Lipinski definition) is 0. The highest BCUT2D eigenvalue weighted by Crippen LogP contribution is 2.02. The molecular formula is C10H14BN. The summed E-state index contributed by atoms with van der Waals surface area (Å²) in [6.45, 7) is 4.08. The highest BCUT2D eigenvalue weighted by Gasteiger charge is 1.98. The minimum Gasteiger partial charge on any atom is -0.308 e. The molecule has 1 aromatic rings. The van der Waals surface area contributed by atoms with Gasteiger partial charge in [0.15, 0.2) is 0 Å². The van der Waals surface area contributed by atoms with Gasteiger partial charge in [-0.2, -0.15) is 0 Å². The first-order valence-electron chi connectivity index (χ1n) is 4.33. The highest BCUT2D eigenvalue weighted by atomic mass is 15.1. The number of rotatable bonds is 4. The minimum absolute atomic E-state index is 0.630. The molecule has 0 saturated heterocycles. The Hall–Kier alpha value is -0.755. The van der Waals surface area contributed by atoms with Crippen LogP contribution in [0, 0.1) is 0 Å². The van der Waals surface area contributed by atoms with Crippen LogP contribution in [0.1, 0.15) is 12.5 Å². The van der Waals surface area contributed by atoms with Crippen LogP contribution < -0.4 is 0 Å². The van der Waals surface area contributed by atoms with E-state index in [1.54, 1.807) is 0 Å². The van der Waals surface area contributed by atoms with E-state index in [1.165, 1.54) is 5.56 Å². The molecular weight excluding hydrogens is 145 g/mol. The predicted octanol–water partition coefficient (Wildman–Crippen LogP) is 1.63. The zero-order valence-electron chi connectivity index (χ0n) is 7.53. The Morgan fingerprint density at radius 3 is 2.42 bits per heavy atom. The van der Waals surface area contributed by atoms with Crippen LogP contribution in [0.2, 0.25) is 0 Å². The second kappa shape index (κ2) is 4.99. The Labute approximate surface area is 75.8 Å². The zero-order chi connectivity index (χ0) is 8.81. The fourth-order valence-electron chi connectivity index (χ4n) is 1.15. The summed E-state index contributed by atoms with van der Waals surface area (Å²) < 4.78 is 0. The summed E-state index contributed by atoms with van der Waals surface area (Å²) in [6.07, 6.45) is 0.630. The van der Waals surface area contributed by atoms with Crippen molar-refractivity contribution in [2.75, 3.05) is 13.0 Å². The van der Waals surface area contributed by atoms with Gasteiger partial charge in [0.05, 0.1) is 7.85 Å². The number of nitrogens with zero attached hydrogens (tertiary/aromatic N) is 1.